The van der Waals surface area contributed by atoms with Crippen molar-refractivity contribution in [1.82, 2.24) is 4.98 Å². The average Bonchev–Trinajstić information content (AvgIpc) is 2.52. The van der Waals surface area contributed by atoms with Crippen LogP contribution in [0, 0.1) is 0 Å². The molecule has 0 radical (unpaired) electrons. The van der Waals surface area contributed by atoms with Gasteiger partial charge < -0.3 is 0 Å². The first kappa shape index (κ1) is 12.5. The van der Waals surface area contributed by atoms with E-state index in [9.17, 15) is 0 Å². The van der Waals surface area contributed by atoms with Crippen LogP contribution in [0.1, 0.15) is 24.5 Å². The summed E-state index contributed by atoms with van der Waals surface area (Å²) in [5, 5.41) is 2.96. The van der Waals surface area contributed by atoms with E-state index < -0.39 is 3.41 Å². The Hall–Kier alpha value is 0.420. The van der Waals surface area contributed by atoms with Crippen LogP contribution in [0.5, 0.6) is 0 Å². The Bertz CT molecular complexity index is 336. The van der Waals surface area contributed by atoms with Gasteiger partial charge in [-0.25, -0.2) is 4.98 Å². The minimum Gasteiger partial charge on any atom is -0.238 e. The van der Waals surface area contributed by atoms with Gasteiger partial charge in [0.25, 0.3) is 0 Å². The second-order valence-corrected chi connectivity index (χ2v) is 7.29. The Morgan fingerprint density at radius 2 is 2.21 bits per heavy atom. The van der Waals surface area contributed by atoms with Crippen molar-refractivity contribution >= 4 is 54.4 Å². The molecule has 78 valence electrons. The molecule has 1 nitrogen and oxygen atoms in total. The van der Waals surface area contributed by atoms with E-state index in [1.54, 1.807) is 23.1 Å². The van der Waals surface area contributed by atoms with E-state index >= 15 is 0 Å². The molecule has 0 amide bonds. The lowest BCUT2D eigenvalue weighted by atomic mass is 10.3. The van der Waals surface area contributed by atoms with Gasteiger partial charge in [-0.3, -0.25) is 0 Å². The van der Waals surface area contributed by atoms with Gasteiger partial charge in [-0.2, -0.15) is 0 Å². The van der Waals surface area contributed by atoms with Crippen LogP contribution in [0.4, 0.5) is 0 Å². The minimum atomic E-state index is -0.474. The Labute approximate surface area is 104 Å². The van der Waals surface area contributed by atoms with Gasteiger partial charge in [-0.1, -0.05) is 5.57 Å². The van der Waals surface area contributed by atoms with Crippen molar-refractivity contribution in [2.24, 2.45) is 0 Å². The quantitative estimate of drug-likeness (QED) is 0.634. The summed E-state index contributed by atoms with van der Waals surface area (Å²) in [6.07, 6.45) is 4.03. The van der Waals surface area contributed by atoms with Gasteiger partial charge in [0.15, 0.2) is 3.41 Å². The van der Waals surface area contributed by atoms with Crippen LogP contribution < -0.4 is 0 Å². The van der Waals surface area contributed by atoms with Gasteiger partial charge in [-0.15, -0.1) is 48.4 Å². The van der Waals surface area contributed by atoms with Gasteiger partial charge in [0.05, 0.1) is 5.69 Å². The highest BCUT2D eigenvalue weighted by Crippen LogP contribution is 2.43. The Balaban J connectivity index is 2.94. The SMILES string of the molecule is CSC(S)(S)c1nc(C=C(C)C)cs1. The molecule has 0 aliphatic rings. The van der Waals surface area contributed by atoms with E-state index in [0.29, 0.717) is 0 Å². The van der Waals surface area contributed by atoms with E-state index in [2.05, 4.69) is 50.2 Å². The lowest BCUT2D eigenvalue weighted by Gasteiger charge is -2.15. The number of hydrogen-bond donors (Lipinski definition) is 2. The molecule has 1 rings (SSSR count). The number of aromatic nitrogens is 1. The predicted octanol–water partition coefficient (Wildman–Crippen LogP) is 3.90. The van der Waals surface area contributed by atoms with Crippen LogP contribution in [0.25, 0.3) is 6.08 Å². The summed E-state index contributed by atoms with van der Waals surface area (Å²) in [6.45, 7) is 4.12. The van der Waals surface area contributed by atoms with E-state index in [0.717, 1.165) is 10.7 Å². The predicted molar refractivity (Wildman–Crippen MR) is 74.6 cm³/mol. The number of thiol groups is 2. The summed E-state index contributed by atoms with van der Waals surface area (Å²) in [5.41, 5.74) is 2.24. The van der Waals surface area contributed by atoms with Crippen molar-refractivity contribution in [3.05, 3.63) is 21.7 Å². The van der Waals surface area contributed by atoms with Crippen molar-refractivity contribution in [2.45, 2.75) is 17.3 Å². The average molecular weight is 263 g/mol. The molecule has 0 fully saturated rings. The summed E-state index contributed by atoms with van der Waals surface area (Å²) < 4.78 is -0.474. The van der Waals surface area contributed by atoms with Gasteiger partial charge in [0, 0.05) is 5.38 Å². The fraction of sp³-hybridized carbons (Fsp3) is 0.444. The zero-order valence-corrected chi connectivity index (χ0v) is 11.7. The number of thioether (sulfide) groups is 1. The Morgan fingerprint density at radius 1 is 1.57 bits per heavy atom. The van der Waals surface area contributed by atoms with Crippen LogP contribution in [-0.4, -0.2) is 11.2 Å². The van der Waals surface area contributed by atoms with Gasteiger partial charge in [0.2, 0.25) is 0 Å². The maximum absolute atomic E-state index is 4.46. The molecule has 1 aromatic heterocycles. The summed E-state index contributed by atoms with van der Waals surface area (Å²) in [7, 11) is 0. The van der Waals surface area contributed by atoms with Crippen molar-refractivity contribution in [1.29, 1.82) is 0 Å². The first-order valence-electron chi connectivity index (χ1n) is 4.06. The van der Waals surface area contributed by atoms with E-state index in [-0.39, 0.29) is 0 Å². The standard InChI is InChI=1S/C9H13NS4/c1-6(2)4-7-5-14-8(10-7)9(11,12)13-3/h4-5,11-12H,1-3H3. The highest BCUT2D eigenvalue weighted by Gasteiger charge is 2.25. The third-order valence-electron chi connectivity index (χ3n) is 1.52. The second kappa shape index (κ2) is 4.96. The molecule has 1 heterocycles. The number of allylic oxidation sites excluding steroid dienone is 1. The molecule has 1 aromatic rings. The maximum atomic E-state index is 4.46. The molecule has 0 spiro atoms. The first-order chi connectivity index (χ1) is 6.45. The molecular weight excluding hydrogens is 250 g/mol. The lowest BCUT2D eigenvalue weighted by Crippen LogP contribution is -2.03. The molecule has 0 unspecified atom stereocenters. The highest BCUT2D eigenvalue weighted by molar-refractivity contribution is 8.22. The molecule has 0 aliphatic heterocycles. The van der Waals surface area contributed by atoms with Gasteiger partial charge >= 0.3 is 0 Å². The van der Waals surface area contributed by atoms with Crippen LogP contribution in [-0.2, 0) is 3.41 Å². The Morgan fingerprint density at radius 3 is 2.71 bits per heavy atom. The fourth-order valence-electron chi connectivity index (χ4n) is 0.885. The number of nitrogens with zero attached hydrogens (tertiary/aromatic N) is 1. The van der Waals surface area contributed by atoms with Crippen molar-refractivity contribution in [3.8, 4) is 0 Å². The minimum absolute atomic E-state index is 0.474. The summed E-state index contributed by atoms with van der Waals surface area (Å²) in [5.74, 6) is 0. The summed E-state index contributed by atoms with van der Waals surface area (Å²) in [6, 6.07) is 0. The smallest absolute Gasteiger partial charge is 0.153 e. The second-order valence-electron chi connectivity index (χ2n) is 3.11. The number of rotatable bonds is 3. The number of thiazole rings is 1. The van der Waals surface area contributed by atoms with E-state index in [1.165, 1.54) is 5.57 Å². The molecular formula is C9H13NS4. The maximum Gasteiger partial charge on any atom is 0.153 e. The topological polar surface area (TPSA) is 12.9 Å². The van der Waals surface area contributed by atoms with Crippen LogP contribution in [0.2, 0.25) is 0 Å². The third-order valence-corrected chi connectivity index (χ3v) is 5.22. The zero-order valence-electron chi connectivity index (χ0n) is 8.31. The zero-order chi connectivity index (χ0) is 10.8. The molecule has 14 heavy (non-hydrogen) atoms. The molecule has 5 heteroatoms. The monoisotopic (exact) mass is 263 g/mol. The molecule has 0 bridgehead atoms. The lowest BCUT2D eigenvalue weighted by molar-refractivity contribution is 1.20. The molecule has 0 aromatic carbocycles. The largest absolute Gasteiger partial charge is 0.238 e. The van der Waals surface area contributed by atoms with Crippen molar-refractivity contribution < 1.29 is 0 Å². The Kier molecular flexibility index (Phi) is 4.43. The molecule has 0 atom stereocenters. The van der Waals surface area contributed by atoms with Gasteiger partial charge in [-0.05, 0) is 26.2 Å². The van der Waals surface area contributed by atoms with E-state index in [1.807, 2.05) is 11.6 Å². The van der Waals surface area contributed by atoms with Crippen molar-refractivity contribution in [3.63, 3.8) is 0 Å². The fourth-order valence-corrected chi connectivity index (χ4v) is 2.58. The van der Waals surface area contributed by atoms with Gasteiger partial charge in [0.1, 0.15) is 5.01 Å². The van der Waals surface area contributed by atoms with Crippen LogP contribution >= 0.6 is 48.4 Å². The highest BCUT2D eigenvalue weighted by atomic mass is 32.2. The summed E-state index contributed by atoms with van der Waals surface area (Å²) >= 11 is 12.0. The molecule has 0 saturated carbocycles. The van der Waals surface area contributed by atoms with Crippen LogP contribution in [0.3, 0.4) is 0 Å². The molecule has 0 N–H and O–H groups in total. The van der Waals surface area contributed by atoms with Crippen molar-refractivity contribution in [2.75, 3.05) is 6.26 Å². The van der Waals surface area contributed by atoms with E-state index in [4.69, 9.17) is 0 Å². The van der Waals surface area contributed by atoms with Crippen LogP contribution in [0.15, 0.2) is 11.0 Å². The first-order valence-corrected chi connectivity index (χ1v) is 7.06. The number of hydrogen-bond acceptors (Lipinski definition) is 5. The third kappa shape index (κ3) is 3.22. The molecule has 0 aliphatic carbocycles. The normalized spacial score (nSPS) is 11.5. The summed E-state index contributed by atoms with van der Waals surface area (Å²) in [4.78, 5) is 4.46. The molecule has 0 saturated heterocycles.